The molecular formula is C18H23NO2. The summed E-state index contributed by atoms with van der Waals surface area (Å²) < 4.78 is 5.62. The number of aromatic nitrogens is 1. The summed E-state index contributed by atoms with van der Waals surface area (Å²) in [4.78, 5) is 3.24. The van der Waals surface area contributed by atoms with Crippen LogP contribution in [0, 0.1) is 0 Å². The number of rotatable bonds is 4. The summed E-state index contributed by atoms with van der Waals surface area (Å²) in [6.45, 7) is 8.23. The highest BCUT2D eigenvalue weighted by molar-refractivity contribution is 5.84. The van der Waals surface area contributed by atoms with Crippen LogP contribution in [0.1, 0.15) is 44.9 Å². The van der Waals surface area contributed by atoms with Crippen molar-refractivity contribution in [3.8, 4) is 0 Å². The molecule has 3 nitrogen and oxygen atoms in total. The number of ether oxygens (including phenoxy) is 1. The van der Waals surface area contributed by atoms with Crippen LogP contribution in [-0.2, 0) is 11.2 Å². The molecule has 3 heteroatoms. The molecule has 0 spiro atoms. The van der Waals surface area contributed by atoms with E-state index in [1.165, 1.54) is 16.5 Å². The van der Waals surface area contributed by atoms with Crippen molar-refractivity contribution in [2.24, 2.45) is 0 Å². The first-order chi connectivity index (χ1) is 9.90. The molecule has 0 amide bonds. The number of aliphatic hydroxyl groups is 1. The SMILES string of the molecule is CC(C)=CCc1c([C@H](O)[C@H]2OC2(C)C)ccc2[nH]ccc12. The lowest BCUT2D eigenvalue weighted by molar-refractivity contribution is 0.136. The summed E-state index contributed by atoms with van der Waals surface area (Å²) in [5, 5.41) is 11.9. The Morgan fingerprint density at radius 1 is 1.38 bits per heavy atom. The smallest absolute Gasteiger partial charge is 0.117 e. The van der Waals surface area contributed by atoms with Gasteiger partial charge in [-0.2, -0.15) is 0 Å². The van der Waals surface area contributed by atoms with Gasteiger partial charge in [-0.05, 0) is 57.4 Å². The standard InChI is InChI=1S/C18H23NO2/c1-11(2)5-6-12-13-9-10-19-15(13)8-7-14(12)16(20)17-18(3,4)21-17/h5,7-10,16-17,19-20H,6H2,1-4H3/t16-,17+/m0/s1. The van der Waals surface area contributed by atoms with Crippen molar-refractivity contribution in [1.29, 1.82) is 0 Å². The van der Waals surface area contributed by atoms with E-state index in [0.717, 1.165) is 17.5 Å². The molecule has 2 N–H and O–H groups in total. The molecule has 0 unspecified atom stereocenters. The van der Waals surface area contributed by atoms with Gasteiger partial charge < -0.3 is 14.8 Å². The van der Waals surface area contributed by atoms with E-state index in [1.807, 2.05) is 32.2 Å². The molecule has 1 aromatic heterocycles. The Bertz CT molecular complexity index is 692. The van der Waals surface area contributed by atoms with Gasteiger partial charge in [0.15, 0.2) is 0 Å². The molecule has 112 valence electrons. The number of allylic oxidation sites excluding steroid dienone is 2. The number of aromatic amines is 1. The minimum absolute atomic E-state index is 0.112. The molecule has 0 radical (unpaired) electrons. The van der Waals surface area contributed by atoms with Crippen molar-refractivity contribution in [3.05, 3.63) is 47.2 Å². The van der Waals surface area contributed by atoms with Crippen LogP contribution >= 0.6 is 0 Å². The molecule has 21 heavy (non-hydrogen) atoms. The minimum atomic E-state index is -0.570. The van der Waals surface area contributed by atoms with Crippen molar-refractivity contribution in [1.82, 2.24) is 4.98 Å². The first-order valence-corrected chi connectivity index (χ1v) is 7.48. The Morgan fingerprint density at radius 3 is 2.71 bits per heavy atom. The van der Waals surface area contributed by atoms with Gasteiger partial charge in [-0.1, -0.05) is 17.7 Å². The lowest BCUT2D eigenvalue weighted by Gasteiger charge is -2.15. The average molecular weight is 285 g/mol. The fraction of sp³-hybridized carbons (Fsp3) is 0.444. The molecule has 1 aromatic carbocycles. The van der Waals surface area contributed by atoms with Gasteiger partial charge >= 0.3 is 0 Å². The fourth-order valence-electron chi connectivity index (χ4n) is 2.92. The minimum Gasteiger partial charge on any atom is -0.386 e. The molecule has 0 saturated carbocycles. The van der Waals surface area contributed by atoms with Gasteiger partial charge in [-0.25, -0.2) is 0 Å². The zero-order chi connectivity index (χ0) is 15.2. The summed E-state index contributed by atoms with van der Waals surface area (Å²) in [5.74, 6) is 0. The van der Waals surface area contributed by atoms with Crippen LogP contribution in [-0.4, -0.2) is 21.8 Å². The van der Waals surface area contributed by atoms with Crippen molar-refractivity contribution >= 4 is 10.9 Å². The third-order valence-electron chi connectivity index (χ3n) is 4.26. The molecule has 2 atom stereocenters. The summed E-state index contributed by atoms with van der Waals surface area (Å²) >= 11 is 0. The van der Waals surface area contributed by atoms with Gasteiger partial charge in [0.25, 0.3) is 0 Å². The van der Waals surface area contributed by atoms with E-state index in [9.17, 15) is 5.11 Å². The Balaban J connectivity index is 2.04. The van der Waals surface area contributed by atoms with Gasteiger partial charge in [0.1, 0.15) is 12.2 Å². The summed E-state index contributed by atoms with van der Waals surface area (Å²) in [6.07, 6.45) is 4.30. The number of H-pyrrole nitrogens is 1. The molecule has 0 bridgehead atoms. The lowest BCUT2D eigenvalue weighted by atomic mass is 9.92. The highest BCUT2D eigenvalue weighted by atomic mass is 16.6. The maximum atomic E-state index is 10.7. The van der Waals surface area contributed by atoms with Gasteiger partial charge in [0, 0.05) is 17.1 Å². The van der Waals surface area contributed by atoms with Gasteiger partial charge in [0.05, 0.1) is 5.60 Å². The number of epoxide rings is 1. The van der Waals surface area contributed by atoms with Crippen LogP contribution in [0.5, 0.6) is 0 Å². The van der Waals surface area contributed by atoms with Crippen LogP contribution in [0.4, 0.5) is 0 Å². The van der Waals surface area contributed by atoms with Crippen molar-refractivity contribution < 1.29 is 9.84 Å². The predicted octanol–water partition coefficient (Wildman–Crippen LogP) is 3.89. The van der Waals surface area contributed by atoms with E-state index >= 15 is 0 Å². The van der Waals surface area contributed by atoms with Crippen molar-refractivity contribution in [3.63, 3.8) is 0 Å². The van der Waals surface area contributed by atoms with Crippen LogP contribution in [0.2, 0.25) is 0 Å². The number of benzene rings is 1. The Kier molecular flexibility index (Phi) is 3.42. The van der Waals surface area contributed by atoms with Crippen molar-refractivity contribution in [2.45, 2.75) is 51.9 Å². The molecule has 2 aromatic rings. The lowest BCUT2D eigenvalue weighted by Crippen LogP contribution is -2.14. The maximum absolute atomic E-state index is 10.7. The quantitative estimate of drug-likeness (QED) is 0.661. The molecule has 1 aliphatic heterocycles. The Hall–Kier alpha value is -1.58. The van der Waals surface area contributed by atoms with E-state index in [0.29, 0.717) is 0 Å². The number of fused-ring (bicyclic) bond motifs is 1. The van der Waals surface area contributed by atoms with Gasteiger partial charge in [-0.3, -0.25) is 0 Å². The van der Waals surface area contributed by atoms with E-state index in [2.05, 4.69) is 31.0 Å². The maximum Gasteiger partial charge on any atom is 0.117 e. The topological polar surface area (TPSA) is 48.5 Å². The zero-order valence-electron chi connectivity index (χ0n) is 13.1. The molecule has 2 heterocycles. The second kappa shape index (κ2) is 5.00. The number of nitrogens with one attached hydrogen (secondary N) is 1. The van der Waals surface area contributed by atoms with Crippen LogP contribution in [0.3, 0.4) is 0 Å². The third-order valence-corrected chi connectivity index (χ3v) is 4.26. The Labute approximate surface area is 125 Å². The number of aliphatic hydroxyl groups excluding tert-OH is 1. The molecule has 0 aliphatic carbocycles. The highest BCUT2D eigenvalue weighted by Gasteiger charge is 2.52. The predicted molar refractivity (Wildman–Crippen MR) is 85.3 cm³/mol. The molecule has 1 aliphatic rings. The average Bonchev–Trinajstić information content (AvgIpc) is 2.86. The summed E-state index contributed by atoms with van der Waals surface area (Å²) in [6, 6.07) is 6.14. The first kappa shape index (κ1) is 14.4. The monoisotopic (exact) mass is 285 g/mol. The highest BCUT2D eigenvalue weighted by Crippen LogP contribution is 2.45. The Morgan fingerprint density at radius 2 is 2.10 bits per heavy atom. The van der Waals surface area contributed by atoms with Gasteiger partial charge in [0.2, 0.25) is 0 Å². The largest absolute Gasteiger partial charge is 0.386 e. The fourth-order valence-corrected chi connectivity index (χ4v) is 2.92. The molecule has 3 rings (SSSR count). The normalized spacial score (nSPS) is 21.3. The first-order valence-electron chi connectivity index (χ1n) is 7.48. The molecule has 1 fully saturated rings. The van der Waals surface area contributed by atoms with E-state index in [4.69, 9.17) is 4.74 Å². The van der Waals surface area contributed by atoms with Crippen LogP contribution in [0.15, 0.2) is 36.0 Å². The van der Waals surface area contributed by atoms with E-state index in [1.54, 1.807) is 0 Å². The second-order valence-electron chi connectivity index (χ2n) is 6.64. The van der Waals surface area contributed by atoms with Crippen molar-refractivity contribution in [2.75, 3.05) is 0 Å². The van der Waals surface area contributed by atoms with Crippen LogP contribution in [0.25, 0.3) is 10.9 Å². The van der Waals surface area contributed by atoms with E-state index in [-0.39, 0.29) is 11.7 Å². The second-order valence-corrected chi connectivity index (χ2v) is 6.64. The van der Waals surface area contributed by atoms with Crippen LogP contribution < -0.4 is 0 Å². The number of hydrogen-bond acceptors (Lipinski definition) is 2. The molecular weight excluding hydrogens is 262 g/mol. The van der Waals surface area contributed by atoms with Gasteiger partial charge in [-0.15, -0.1) is 0 Å². The molecule has 1 saturated heterocycles. The summed E-state index contributed by atoms with van der Waals surface area (Å²) in [5.41, 5.74) is 4.34. The zero-order valence-corrected chi connectivity index (χ0v) is 13.1. The van der Waals surface area contributed by atoms with E-state index < -0.39 is 6.10 Å². The summed E-state index contributed by atoms with van der Waals surface area (Å²) in [7, 11) is 0. The third kappa shape index (κ3) is 2.63. The number of hydrogen-bond donors (Lipinski definition) is 2.